The molecule has 2 rings (SSSR count). The minimum absolute atomic E-state index is 0.101. The average molecular weight is 260 g/mol. The molecule has 1 aromatic heterocycles. The lowest BCUT2D eigenvalue weighted by molar-refractivity contribution is 0.242. The molecule has 4 nitrogen and oxygen atoms in total. The molecule has 4 heteroatoms. The number of rotatable bonds is 5. The first-order valence-electron chi connectivity index (χ1n) is 6.59. The smallest absolute Gasteiger partial charge is 0.154 e. The second-order valence-corrected chi connectivity index (χ2v) is 4.82. The highest BCUT2D eigenvalue weighted by atomic mass is 16.5. The molecule has 1 unspecified atom stereocenters. The molecule has 0 bridgehead atoms. The Morgan fingerprint density at radius 3 is 2.79 bits per heavy atom. The van der Waals surface area contributed by atoms with Crippen molar-refractivity contribution in [3.8, 4) is 17.0 Å². The summed E-state index contributed by atoms with van der Waals surface area (Å²) in [4.78, 5) is 0. The average Bonchev–Trinajstić information content (AvgIpc) is 2.87. The Hall–Kier alpha value is -1.81. The molecule has 102 valence electrons. The zero-order valence-corrected chi connectivity index (χ0v) is 11.6. The molecule has 0 saturated carbocycles. The van der Waals surface area contributed by atoms with Crippen molar-refractivity contribution >= 4 is 0 Å². The molecule has 0 radical (unpaired) electrons. The van der Waals surface area contributed by atoms with Crippen LogP contribution in [0.2, 0.25) is 0 Å². The third-order valence-corrected chi connectivity index (χ3v) is 2.84. The Balaban J connectivity index is 2.24. The molecule has 0 saturated heterocycles. The van der Waals surface area contributed by atoms with Crippen LogP contribution in [-0.2, 0) is 0 Å². The van der Waals surface area contributed by atoms with Gasteiger partial charge in [-0.25, -0.2) is 0 Å². The Morgan fingerprint density at radius 2 is 2.11 bits per heavy atom. The van der Waals surface area contributed by atoms with Gasteiger partial charge in [0.05, 0.1) is 12.1 Å². The third-order valence-electron chi connectivity index (χ3n) is 2.84. The molecule has 0 aliphatic carbocycles. The second-order valence-electron chi connectivity index (χ2n) is 4.82. The van der Waals surface area contributed by atoms with Crippen molar-refractivity contribution in [2.24, 2.45) is 5.73 Å². The number of benzene rings is 1. The Labute approximate surface area is 113 Å². The summed E-state index contributed by atoms with van der Waals surface area (Å²) in [5, 5.41) is 4.07. The van der Waals surface area contributed by atoms with Crippen LogP contribution in [0.5, 0.6) is 5.75 Å². The van der Waals surface area contributed by atoms with Gasteiger partial charge in [0, 0.05) is 11.6 Å². The van der Waals surface area contributed by atoms with Crippen LogP contribution in [-0.4, -0.2) is 11.3 Å². The Bertz CT molecular complexity index is 534. The molecule has 1 heterocycles. The molecule has 0 aliphatic heterocycles. The van der Waals surface area contributed by atoms with Crippen molar-refractivity contribution in [1.82, 2.24) is 5.16 Å². The number of ether oxygens (including phenoxy) is 1. The van der Waals surface area contributed by atoms with E-state index in [0.717, 1.165) is 23.4 Å². The van der Waals surface area contributed by atoms with Crippen LogP contribution >= 0.6 is 0 Å². The minimum Gasteiger partial charge on any atom is -0.491 e. The fourth-order valence-corrected chi connectivity index (χ4v) is 1.80. The van der Waals surface area contributed by atoms with Gasteiger partial charge in [-0.15, -0.1) is 0 Å². The van der Waals surface area contributed by atoms with Gasteiger partial charge in [-0.1, -0.05) is 24.2 Å². The van der Waals surface area contributed by atoms with Gasteiger partial charge in [0.25, 0.3) is 0 Å². The molecule has 19 heavy (non-hydrogen) atoms. The molecule has 2 aromatic rings. The van der Waals surface area contributed by atoms with Crippen molar-refractivity contribution in [3.63, 3.8) is 0 Å². The molecule has 0 aliphatic rings. The van der Waals surface area contributed by atoms with Crippen LogP contribution in [0.4, 0.5) is 0 Å². The first-order valence-corrected chi connectivity index (χ1v) is 6.59. The molecule has 2 N–H and O–H groups in total. The zero-order chi connectivity index (χ0) is 13.8. The minimum atomic E-state index is -0.101. The van der Waals surface area contributed by atoms with E-state index in [-0.39, 0.29) is 12.1 Å². The molecule has 0 spiro atoms. The third kappa shape index (κ3) is 3.35. The van der Waals surface area contributed by atoms with Crippen LogP contribution in [0.3, 0.4) is 0 Å². The van der Waals surface area contributed by atoms with E-state index in [2.05, 4.69) is 5.16 Å². The first-order chi connectivity index (χ1) is 9.10. The number of nitrogens with two attached hydrogens (primary N) is 1. The highest BCUT2D eigenvalue weighted by Crippen LogP contribution is 2.26. The SMILES string of the molecule is CCC(N)c1cc(-c2cccc(OC(C)C)c2)no1. The lowest BCUT2D eigenvalue weighted by atomic mass is 10.1. The van der Waals surface area contributed by atoms with E-state index in [0.29, 0.717) is 5.76 Å². The number of hydrogen-bond donors (Lipinski definition) is 1. The summed E-state index contributed by atoms with van der Waals surface area (Å²) >= 11 is 0. The molecular formula is C15H20N2O2. The van der Waals surface area contributed by atoms with Crippen LogP contribution in [0.15, 0.2) is 34.9 Å². The monoisotopic (exact) mass is 260 g/mol. The van der Waals surface area contributed by atoms with Gasteiger partial charge in [0.15, 0.2) is 5.76 Å². The molecule has 1 atom stereocenters. The van der Waals surface area contributed by atoms with Crippen LogP contribution in [0, 0.1) is 0 Å². The predicted molar refractivity (Wildman–Crippen MR) is 74.9 cm³/mol. The lowest BCUT2D eigenvalue weighted by Gasteiger charge is -2.09. The van der Waals surface area contributed by atoms with Gasteiger partial charge in [-0.3, -0.25) is 0 Å². The maximum absolute atomic E-state index is 5.92. The highest BCUT2D eigenvalue weighted by molar-refractivity contribution is 5.61. The highest BCUT2D eigenvalue weighted by Gasteiger charge is 2.12. The van der Waals surface area contributed by atoms with Crippen molar-refractivity contribution in [2.45, 2.75) is 39.3 Å². The molecule has 1 aromatic carbocycles. The van der Waals surface area contributed by atoms with Crippen molar-refractivity contribution < 1.29 is 9.26 Å². The Kier molecular flexibility index (Phi) is 4.22. The van der Waals surface area contributed by atoms with Crippen LogP contribution < -0.4 is 10.5 Å². The van der Waals surface area contributed by atoms with Gasteiger partial charge in [0.2, 0.25) is 0 Å². The number of hydrogen-bond acceptors (Lipinski definition) is 4. The maximum Gasteiger partial charge on any atom is 0.154 e. The van der Waals surface area contributed by atoms with E-state index < -0.39 is 0 Å². The van der Waals surface area contributed by atoms with E-state index >= 15 is 0 Å². The van der Waals surface area contributed by atoms with Gasteiger partial charge in [-0.2, -0.15) is 0 Å². The van der Waals surface area contributed by atoms with E-state index in [1.54, 1.807) is 0 Å². The fourth-order valence-electron chi connectivity index (χ4n) is 1.80. The molecular weight excluding hydrogens is 240 g/mol. The topological polar surface area (TPSA) is 61.3 Å². The first kappa shape index (κ1) is 13.6. The van der Waals surface area contributed by atoms with E-state index in [9.17, 15) is 0 Å². The van der Waals surface area contributed by atoms with Crippen molar-refractivity contribution in [3.05, 3.63) is 36.1 Å². The largest absolute Gasteiger partial charge is 0.491 e. The summed E-state index contributed by atoms with van der Waals surface area (Å²) in [6, 6.07) is 9.61. The second kappa shape index (κ2) is 5.89. The van der Waals surface area contributed by atoms with Crippen molar-refractivity contribution in [2.75, 3.05) is 0 Å². The Morgan fingerprint density at radius 1 is 1.32 bits per heavy atom. The summed E-state index contributed by atoms with van der Waals surface area (Å²) in [6.07, 6.45) is 0.974. The number of nitrogens with zero attached hydrogens (tertiary/aromatic N) is 1. The van der Waals surface area contributed by atoms with Gasteiger partial charge >= 0.3 is 0 Å². The maximum atomic E-state index is 5.92. The van der Waals surface area contributed by atoms with E-state index in [1.807, 2.05) is 51.1 Å². The van der Waals surface area contributed by atoms with E-state index in [1.165, 1.54) is 0 Å². The summed E-state index contributed by atoms with van der Waals surface area (Å²) in [5.41, 5.74) is 7.68. The fraction of sp³-hybridized carbons (Fsp3) is 0.400. The van der Waals surface area contributed by atoms with Gasteiger partial charge in [-0.05, 0) is 32.4 Å². The lowest BCUT2D eigenvalue weighted by Crippen LogP contribution is -2.06. The van der Waals surface area contributed by atoms with E-state index in [4.69, 9.17) is 15.0 Å². The van der Waals surface area contributed by atoms with Gasteiger partial charge in [0.1, 0.15) is 11.4 Å². The van der Waals surface area contributed by atoms with Crippen LogP contribution in [0.1, 0.15) is 39.0 Å². The summed E-state index contributed by atoms with van der Waals surface area (Å²) in [5.74, 6) is 1.55. The molecule has 0 amide bonds. The normalized spacial score (nSPS) is 12.7. The van der Waals surface area contributed by atoms with Crippen LogP contribution in [0.25, 0.3) is 11.3 Å². The summed E-state index contributed by atoms with van der Waals surface area (Å²) in [7, 11) is 0. The molecule has 0 fully saturated rings. The zero-order valence-electron chi connectivity index (χ0n) is 11.6. The predicted octanol–water partition coefficient (Wildman–Crippen LogP) is 3.54. The summed E-state index contributed by atoms with van der Waals surface area (Å²) in [6.45, 7) is 6.02. The number of aromatic nitrogens is 1. The van der Waals surface area contributed by atoms with Gasteiger partial charge < -0.3 is 15.0 Å². The summed E-state index contributed by atoms with van der Waals surface area (Å²) < 4.78 is 10.9. The quantitative estimate of drug-likeness (QED) is 0.893. The standard InChI is InChI=1S/C15H20N2O2/c1-4-13(16)15-9-14(17-19-15)11-6-5-7-12(8-11)18-10(2)3/h5-10,13H,4,16H2,1-3H3. The van der Waals surface area contributed by atoms with Crippen molar-refractivity contribution in [1.29, 1.82) is 0 Å².